The highest BCUT2D eigenvalue weighted by atomic mass is 32.2. The minimum atomic E-state index is -4.48. The first-order valence-electron chi connectivity index (χ1n) is 7.84. The SMILES string of the molecule is COc1cc(C)c(S(=O)(=O)Nc2ccc(C(F)(F)F)cc2)cc1C(C)C. The molecular formula is C18H20F3NO3S. The molecule has 1 N–H and O–H groups in total. The van der Waals surface area contributed by atoms with E-state index in [1.807, 2.05) is 13.8 Å². The van der Waals surface area contributed by atoms with Gasteiger partial charge in [0.05, 0.1) is 17.6 Å². The highest BCUT2D eigenvalue weighted by molar-refractivity contribution is 7.92. The van der Waals surface area contributed by atoms with Crippen molar-refractivity contribution in [2.45, 2.75) is 37.8 Å². The summed E-state index contributed by atoms with van der Waals surface area (Å²) in [5.74, 6) is 0.622. The Morgan fingerprint density at radius 1 is 1.08 bits per heavy atom. The first-order valence-corrected chi connectivity index (χ1v) is 9.32. The fourth-order valence-corrected chi connectivity index (χ4v) is 3.85. The molecular weight excluding hydrogens is 367 g/mol. The van der Waals surface area contributed by atoms with Crippen LogP contribution in [0.2, 0.25) is 0 Å². The molecule has 0 amide bonds. The van der Waals surface area contributed by atoms with Crippen molar-refractivity contribution in [3.8, 4) is 5.75 Å². The molecule has 2 aromatic rings. The summed E-state index contributed by atoms with van der Waals surface area (Å²) in [5.41, 5.74) is 0.416. The minimum Gasteiger partial charge on any atom is -0.496 e. The number of benzene rings is 2. The van der Waals surface area contributed by atoms with Gasteiger partial charge in [0.15, 0.2) is 0 Å². The average molecular weight is 387 g/mol. The number of rotatable bonds is 5. The lowest BCUT2D eigenvalue weighted by molar-refractivity contribution is -0.137. The quantitative estimate of drug-likeness (QED) is 0.790. The van der Waals surface area contributed by atoms with Gasteiger partial charge in [0.2, 0.25) is 0 Å². The van der Waals surface area contributed by atoms with Crippen LogP contribution in [0, 0.1) is 6.92 Å². The Hall–Kier alpha value is -2.22. The van der Waals surface area contributed by atoms with Gasteiger partial charge in [-0.1, -0.05) is 13.8 Å². The second-order valence-corrected chi connectivity index (χ2v) is 7.85. The van der Waals surface area contributed by atoms with Crippen LogP contribution in [0.5, 0.6) is 5.75 Å². The lowest BCUT2D eigenvalue weighted by Crippen LogP contribution is -2.15. The van der Waals surface area contributed by atoms with E-state index in [4.69, 9.17) is 4.74 Å². The monoisotopic (exact) mass is 387 g/mol. The van der Waals surface area contributed by atoms with Crippen molar-refractivity contribution in [3.63, 3.8) is 0 Å². The highest BCUT2D eigenvalue weighted by Gasteiger charge is 2.30. The third-order valence-electron chi connectivity index (χ3n) is 3.90. The molecule has 142 valence electrons. The molecule has 26 heavy (non-hydrogen) atoms. The summed E-state index contributed by atoms with van der Waals surface area (Å²) in [7, 11) is -2.45. The largest absolute Gasteiger partial charge is 0.496 e. The van der Waals surface area contributed by atoms with Gasteiger partial charge in [0.25, 0.3) is 10.0 Å². The van der Waals surface area contributed by atoms with Crippen molar-refractivity contribution >= 4 is 15.7 Å². The highest BCUT2D eigenvalue weighted by Crippen LogP contribution is 2.33. The number of anilines is 1. The molecule has 0 bridgehead atoms. The summed E-state index contributed by atoms with van der Waals surface area (Å²) in [6.45, 7) is 5.45. The second kappa shape index (κ2) is 7.19. The first-order chi connectivity index (χ1) is 12.0. The Kier molecular flexibility index (Phi) is 5.55. The van der Waals surface area contributed by atoms with Gasteiger partial charge in [-0.25, -0.2) is 8.42 Å². The van der Waals surface area contributed by atoms with Gasteiger partial charge in [0.1, 0.15) is 5.75 Å². The Labute approximate surface area is 151 Å². The predicted octanol–water partition coefficient (Wildman–Crippen LogP) is 4.95. The fourth-order valence-electron chi connectivity index (χ4n) is 2.53. The molecule has 0 aromatic heterocycles. The van der Waals surface area contributed by atoms with E-state index in [9.17, 15) is 21.6 Å². The third-order valence-corrected chi connectivity index (χ3v) is 5.43. The molecule has 0 saturated heterocycles. The van der Waals surface area contributed by atoms with Crippen LogP contribution >= 0.6 is 0 Å². The van der Waals surface area contributed by atoms with E-state index in [1.165, 1.54) is 13.2 Å². The molecule has 8 heteroatoms. The van der Waals surface area contributed by atoms with E-state index in [-0.39, 0.29) is 16.5 Å². The number of alkyl halides is 3. The van der Waals surface area contributed by atoms with Crippen molar-refractivity contribution < 1.29 is 26.3 Å². The molecule has 0 atom stereocenters. The van der Waals surface area contributed by atoms with E-state index in [2.05, 4.69) is 4.72 Å². The normalized spacial score (nSPS) is 12.3. The smallest absolute Gasteiger partial charge is 0.416 e. The number of hydrogen-bond donors (Lipinski definition) is 1. The lowest BCUT2D eigenvalue weighted by atomic mass is 10.0. The van der Waals surface area contributed by atoms with Gasteiger partial charge in [-0.05, 0) is 60.4 Å². The Bertz CT molecular complexity index is 889. The number of nitrogens with one attached hydrogen (secondary N) is 1. The predicted molar refractivity (Wildman–Crippen MR) is 94.1 cm³/mol. The number of methoxy groups -OCH3 is 1. The maximum absolute atomic E-state index is 12.7. The van der Waals surface area contributed by atoms with Gasteiger partial charge in [-0.2, -0.15) is 13.2 Å². The Balaban J connectivity index is 2.40. The minimum absolute atomic E-state index is 0.0329. The summed E-state index contributed by atoms with van der Waals surface area (Å²) in [5, 5.41) is 0. The Morgan fingerprint density at radius 2 is 1.65 bits per heavy atom. The average Bonchev–Trinajstić information content (AvgIpc) is 2.53. The standard InChI is InChI=1S/C18H20F3NO3S/c1-11(2)15-10-17(12(3)9-16(15)25-4)26(23,24)22-14-7-5-13(6-8-14)18(19,20)21/h5-11,22H,1-4H3. The van der Waals surface area contributed by atoms with Gasteiger partial charge in [-0.15, -0.1) is 0 Å². The number of aryl methyl sites for hydroxylation is 1. The molecule has 0 fully saturated rings. The van der Waals surface area contributed by atoms with E-state index in [0.717, 1.165) is 29.8 Å². The maximum atomic E-state index is 12.7. The lowest BCUT2D eigenvalue weighted by Gasteiger charge is -2.17. The summed E-state index contributed by atoms with van der Waals surface area (Å²) in [6, 6.07) is 7.00. The van der Waals surface area contributed by atoms with Crippen LogP contribution in [0.4, 0.5) is 18.9 Å². The van der Waals surface area contributed by atoms with Crippen molar-refractivity contribution in [2.24, 2.45) is 0 Å². The molecule has 0 unspecified atom stereocenters. The molecule has 4 nitrogen and oxygen atoms in total. The number of hydrogen-bond acceptors (Lipinski definition) is 3. The van der Waals surface area contributed by atoms with Crippen LogP contribution in [-0.4, -0.2) is 15.5 Å². The van der Waals surface area contributed by atoms with Crippen LogP contribution in [0.15, 0.2) is 41.3 Å². The Morgan fingerprint density at radius 3 is 2.12 bits per heavy atom. The van der Waals surface area contributed by atoms with E-state index < -0.39 is 21.8 Å². The molecule has 2 rings (SSSR count). The van der Waals surface area contributed by atoms with Crippen LogP contribution in [0.3, 0.4) is 0 Å². The zero-order chi connectivity index (χ0) is 19.7. The molecule has 0 saturated carbocycles. The zero-order valence-electron chi connectivity index (χ0n) is 14.8. The molecule has 0 aliphatic carbocycles. The number of sulfonamides is 1. The van der Waals surface area contributed by atoms with Crippen molar-refractivity contribution in [2.75, 3.05) is 11.8 Å². The topological polar surface area (TPSA) is 55.4 Å². The fraction of sp³-hybridized carbons (Fsp3) is 0.333. The van der Waals surface area contributed by atoms with Crippen LogP contribution in [0.25, 0.3) is 0 Å². The first kappa shape index (κ1) is 20.1. The van der Waals surface area contributed by atoms with Crippen LogP contribution in [-0.2, 0) is 16.2 Å². The van der Waals surface area contributed by atoms with E-state index in [1.54, 1.807) is 13.0 Å². The molecule has 0 aliphatic heterocycles. The molecule has 0 radical (unpaired) electrons. The van der Waals surface area contributed by atoms with Crippen molar-refractivity contribution in [1.29, 1.82) is 0 Å². The third kappa shape index (κ3) is 4.30. The van der Waals surface area contributed by atoms with E-state index >= 15 is 0 Å². The number of halogens is 3. The molecule has 2 aromatic carbocycles. The van der Waals surface area contributed by atoms with Gasteiger partial charge in [-0.3, -0.25) is 4.72 Å². The molecule has 0 heterocycles. The van der Waals surface area contributed by atoms with Crippen molar-refractivity contribution in [1.82, 2.24) is 0 Å². The van der Waals surface area contributed by atoms with Gasteiger partial charge >= 0.3 is 6.18 Å². The summed E-state index contributed by atoms with van der Waals surface area (Å²) in [4.78, 5) is 0.0573. The number of ether oxygens (including phenoxy) is 1. The van der Waals surface area contributed by atoms with Gasteiger partial charge in [0, 0.05) is 5.69 Å². The second-order valence-electron chi connectivity index (χ2n) is 6.19. The van der Waals surface area contributed by atoms with Crippen LogP contribution in [0.1, 0.15) is 36.5 Å². The molecule has 0 aliphatic rings. The summed E-state index contributed by atoms with van der Waals surface area (Å²) < 4.78 is 70.9. The van der Waals surface area contributed by atoms with Gasteiger partial charge < -0.3 is 4.74 Å². The van der Waals surface area contributed by atoms with Crippen LogP contribution < -0.4 is 9.46 Å². The maximum Gasteiger partial charge on any atom is 0.416 e. The molecule has 0 spiro atoms. The van der Waals surface area contributed by atoms with Crippen molar-refractivity contribution in [3.05, 3.63) is 53.1 Å². The summed E-state index contributed by atoms with van der Waals surface area (Å²) in [6.07, 6.45) is -4.48. The van der Waals surface area contributed by atoms with E-state index in [0.29, 0.717) is 11.3 Å². The zero-order valence-corrected chi connectivity index (χ0v) is 15.6. The summed E-state index contributed by atoms with van der Waals surface area (Å²) >= 11 is 0.